The molecule has 4 N–H and O–H groups in total. The molecule has 1 amide bonds. The Morgan fingerprint density at radius 3 is 2.43 bits per heavy atom. The van der Waals surface area contributed by atoms with Crippen LogP contribution in [0, 0.1) is 0 Å². The van der Waals surface area contributed by atoms with Crippen LogP contribution >= 0.6 is 0 Å². The molecule has 5 heteroatoms. The number of hydrogen-bond acceptors (Lipinski definition) is 4. The maximum atomic E-state index is 11.5. The van der Waals surface area contributed by atoms with Crippen molar-refractivity contribution in [2.75, 3.05) is 10.6 Å². The highest BCUT2D eigenvalue weighted by Gasteiger charge is 2.08. The van der Waals surface area contributed by atoms with Crippen LogP contribution < -0.4 is 16.4 Å². The minimum atomic E-state index is -0.553. The molecule has 0 radical (unpaired) electrons. The van der Waals surface area contributed by atoms with Crippen LogP contribution in [0.3, 0.4) is 0 Å². The molecule has 21 heavy (non-hydrogen) atoms. The Labute approximate surface area is 124 Å². The number of aromatic nitrogens is 1. The zero-order valence-electron chi connectivity index (χ0n) is 12.2. The zero-order chi connectivity index (χ0) is 15.2. The molecule has 0 saturated carbocycles. The largest absolute Gasteiger partial charge is 0.377 e. The Balaban J connectivity index is 1.98. The number of rotatable bonds is 5. The van der Waals surface area contributed by atoms with Gasteiger partial charge < -0.3 is 16.4 Å². The lowest BCUT2D eigenvalue weighted by Gasteiger charge is -2.15. The molecule has 2 atom stereocenters. The summed E-state index contributed by atoms with van der Waals surface area (Å²) < 4.78 is 0. The third-order valence-electron chi connectivity index (χ3n) is 3.11. The van der Waals surface area contributed by atoms with Crippen molar-refractivity contribution >= 4 is 17.4 Å². The molecule has 0 spiro atoms. The smallest absolute Gasteiger partial charge is 0.242 e. The predicted molar refractivity (Wildman–Crippen MR) is 85.0 cm³/mol. The molecule has 1 aromatic heterocycles. The van der Waals surface area contributed by atoms with Crippen LogP contribution in [0.15, 0.2) is 48.7 Å². The summed E-state index contributed by atoms with van der Waals surface area (Å²) in [6, 6.07) is 13.4. The van der Waals surface area contributed by atoms with E-state index in [0.717, 1.165) is 5.69 Å². The second kappa shape index (κ2) is 6.85. The monoisotopic (exact) mass is 284 g/mol. The Kier molecular flexibility index (Phi) is 4.90. The Bertz CT molecular complexity index is 581. The summed E-state index contributed by atoms with van der Waals surface area (Å²) in [6.45, 7) is 3.72. The molecule has 2 rings (SSSR count). The van der Waals surface area contributed by atoms with Crippen molar-refractivity contribution in [3.63, 3.8) is 0 Å². The number of anilines is 2. The van der Waals surface area contributed by atoms with Gasteiger partial charge >= 0.3 is 0 Å². The normalized spacial score (nSPS) is 13.3. The van der Waals surface area contributed by atoms with Crippen molar-refractivity contribution in [2.45, 2.75) is 25.9 Å². The SMILES string of the molecule is CC(N)C(=O)Nc1ccc(NC(C)c2ccccc2)cn1. The van der Waals surface area contributed by atoms with Crippen LogP contribution in [0.25, 0.3) is 0 Å². The van der Waals surface area contributed by atoms with Crippen molar-refractivity contribution in [3.05, 3.63) is 54.2 Å². The second-order valence-electron chi connectivity index (χ2n) is 4.99. The summed E-state index contributed by atoms with van der Waals surface area (Å²) in [4.78, 5) is 15.7. The first-order valence-corrected chi connectivity index (χ1v) is 6.90. The van der Waals surface area contributed by atoms with E-state index < -0.39 is 6.04 Å². The first-order valence-electron chi connectivity index (χ1n) is 6.90. The summed E-state index contributed by atoms with van der Waals surface area (Å²) in [5.41, 5.74) is 7.59. The maximum Gasteiger partial charge on any atom is 0.242 e. The van der Waals surface area contributed by atoms with Crippen molar-refractivity contribution in [3.8, 4) is 0 Å². The van der Waals surface area contributed by atoms with Crippen LogP contribution in [-0.2, 0) is 4.79 Å². The average molecular weight is 284 g/mol. The molecule has 0 aliphatic heterocycles. The van der Waals surface area contributed by atoms with E-state index in [9.17, 15) is 4.79 Å². The fraction of sp³-hybridized carbons (Fsp3) is 0.250. The minimum absolute atomic E-state index is 0.178. The van der Waals surface area contributed by atoms with Gasteiger partial charge in [-0.3, -0.25) is 4.79 Å². The quantitative estimate of drug-likeness (QED) is 0.788. The van der Waals surface area contributed by atoms with Crippen LogP contribution in [-0.4, -0.2) is 16.9 Å². The van der Waals surface area contributed by atoms with Gasteiger partial charge in [-0.05, 0) is 31.5 Å². The molecule has 0 saturated heterocycles. The molecule has 110 valence electrons. The molecule has 1 aromatic carbocycles. The van der Waals surface area contributed by atoms with Gasteiger partial charge in [-0.1, -0.05) is 30.3 Å². The lowest BCUT2D eigenvalue weighted by Crippen LogP contribution is -2.32. The number of nitrogens with one attached hydrogen (secondary N) is 2. The van der Waals surface area contributed by atoms with E-state index in [2.05, 4.69) is 34.7 Å². The summed E-state index contributed by atoms with van der Waals surface area (Å²) in [7, 11) is 0. The van der Waals surface area contributed by atoms with Gasteiger partial charge in [-0.25, -0.2) is 4.98 Å². The number of hydrogen-bond donors (Lipinski definition) is 3. The number of nitrogens with two attached hydrogens (primary N) is 1. The van der Waals surface area contributed by atoms with E-state index in [1.807, 2.05) is 24.3 Å². The number of benzene rings is 1. The van der Waals surface area contributed by atoms with Crippen LogP contribution in [0.4, 0.5) is 11.5 Å². The fourth-order valence-corrected chi connectivity index (χ4v) is 1.87. The second-order valence-corrected chi connectivity index (χ2v) is 4.99. The predicted octanol–water partition coefficient (Wildman–Crippen LogP) is 2.54. The van der Waals surface area contributed by atoms with Gasteiger partial charge in [-0.2, -0.15) is 0 Å². The summed E-state index contributed by atoms with van der Waals surface area (Å²) in [5.74, 6) is 0.246. The number of pyridine rings is 1. The Hall–Kier alpha value is -2.40. The number of carbonyl (C=O) groups is 1. The van der Waals surface area contributed by atoms with E-state index in [-0.39, 0.29) is 11.9 Å². The zero-order valence-corrected chi connectivity index (χ0v) is 12.2. The topological polar surface area (TPSA) is 80.0 Å². The van der Waals surface area contributed by atoms with Gasteiger partial charge in [0.05, 0.1) is 17.9 Å². The molecular weight excluding hydrogens is 264 g/mol. The highest BCUT2D eigenvalue weighted by atomic mass is 16.2. The van der Waals surface area contributed by atoms with E-state index in [1.54, 1.807) is 19.2 Å². The number of nitrogens with zero attached hydrogens (tertiary/aromatic N) is 1. The van der Waals surface area contributed by atoms with Gasteiger partial charge in [0, 0.05) is 6.04 Å². The molecule has 0 aliphatic carbocycles. The van der Waals surface area contributed by atoms with Crippen LogP contribution in [0.2, 0.25) is 0 Å². The van der Waals surface area contributed by atoms with Gasteiger partial charge in [-0.15, -0.1) is 0 Å². The van der Waals surface area contributed by atoms with E-state index in [0.29, 0.717) is 5.82 Å². The summed E-state index contributed by atoms with van der Waals surface area (Å²) in [6.07, 6.45) is 1.69. The fourth-order valence-electron chi connectivity index (χ4n) is 1.87. The summed E-state index contributed by atoms with van der Waals surface area (Å²) >= 11 is 0. The van der Waals surface area contributed by atoms with Crippen LogP contribution in [0.1, 0.15) is 25.5 Å². The van der Waals surface area contributed by atoms with E-state index >= 15 is 0 Å². The van der Waals surface area contributed by atoms with Gasteiger partial charge in [0.2, 0.25) is 5.91 Å². The lowest BCUT2D eigenvalue weighted by molar-refractivity contribution is -0.117. The number of carbonyl (C=O) groups excluding carboxylic acids is 1. The average Bonchev–Trinajstić information content (AvgIpc) is 2.50. The molecule has 0 bridgehead atoms. The van der Waals surface area contributed by atoms with Crippen LogP contribution in [0.5, 0.6) is 0 Å². The van der Waals surface area contributed by atoms with E-state index in [4.69, 9.17) is 5.73 Å². The number of amides is 1. The Morgan fingerprint density at radius 2 is 1.86 bits per heavy atom. The molecular formula is C16H20N4O. The maximum absolute atomic E-state index is 11.5. The Morgan fingerprint density at radius 1 is 1.14 bits per heavy atom. The molecule has 0 fully saturated rings. The lowest BCUT2D eigenvalue weighted by atomic mass is 10.1. The van der Waals surface area contributed by atoms with Gasteiger partial charge in [0.1, 0.15) is 5.82 Å². The summed E-state index contributed by atoms with van der Waals surface area (Å²) in [5, 5.41) is 6.01. The van der Waals surface area contributed by atoms with Gasteiger partial charge in [0.15, 0.2) is 0 Å². The van der Waals surface area contributed by atoms with E-state index in [1.165, 1.54) is 5.56 Å². The molecule has 2 aromatic rings. The molecule has 1 heterocycles. The van der Waals surface area contributed by atoms with Crippen molar-refractivity contribution < 1.29 is 4.79 Å². The molecule has 5 nitrogen and oxygen atoms in total. The molecule has 0 aliphatic rings. The van der Waals surface area contributed by atoms with Gasteiger partial charge in [0.25, 0.3) is 0 Å². The minimum Gasteiger partial charge on any atom is -0.377 e. The van der Waals surface area contributed by atoms with Crippen molar-refractivity contribution in [1.29, 1.82) is 0 Å². The standard InChI is InChI=1S/C16H20N4O/c1-11(17)16(21)20-15-9-8-14(10-18-15)19-12(2)13-6-4-3-5-7-13/h3-12,19H,17H2,1-2H3,(H,18,20,21). The first kappa shape index (κ1) is 15.0. The third kappa shape index (κ3) is 4.29. The van der Waals surface area contributed by atoms with Crippen molar-refractivity contribution in [1.82, 2.24) is 4.98 Å². The first-order chi connectivity index (χ1) is 10.1. The highest BCUT2D eigenvalue weighted by molar-refractivity contribution is 5.93. The van der Waals surface area contributed by atoms with Crippen molar-refractivity contribution in [2.24, 2.45) is 5.73 Å². The molecule has 2 unspecified atom stereocenters. The highest BCUT2D eigenvalue weighted by Crippen LogP contribution is 2.19. The third-order valence-corrected chi connectivity index (χ3v) is 3.11.